The molecule has 0 bridgehead atoms. The summed E-state index contributed by atoms with van der Waals surface area (Å²) in [5.74, 6) is -2.59. The van der Waals surface area contributed by atoms with Gasteiger partial charge < -0.3 is 15.6 Å². The molecule has 4 rings (SSSR count). The van der Waals surface area contributed by atoms with Crippen molar-refractivity contribution in [1.29, 1.82) is 0 Å². The zero-order chi connectivity index (χ0) is 19.7. The fourth-order valence-corrected chi connectivity index (χ4v) is 3.74. The number of fused-ring (bicyclic) bond motifs is 1. The zero-order valence-corrected chi connectivity index (χ0v) is 15.7. The van der Waals surface area contributed by atoms with E-state index in [4.69, 9.17) is 11.6 Å². The van der Waals surface area contributed by atoms with Crippen molar-refractivity contribution >= 4 is 39.9 Å². The minimum absolute atomic E-state index is 0.0137. The number of hydrogen-bond acceptors (Lipinski definition) is 2. The number of H-pyrrole nitrogens is 1. The lowest BCUT2D eigenvalue weighted by molar-refractivity contribution is -0.0384. The molecule has 2 heterocycles. The summed E-state index contributed by atoms with van der Waals surface area (Å²) in [6, 6.07) is 8.39. The zero-order valence-electron chi connectivity index (χ0n) is 14.9. The van der Waals surface area contributed by atoms with Crippen molar-refractivity contribution in [3.8, 4) is 0 Å². The maximum Gasteiger partial charge on any atom is 0.323 e. The average Bonchev–Trinajstić information content (AvgIpc) is 3.04. The molecule has 1 aliphatic carbocycles. The van der Waals surface area contributed by atoms with Crippen molar-refractivity contribution in [3.05, 3.63) is 53.4 Å². The van der Waals surface area contributed by atoms with Gasteiger partial charge in [0.15, 0.2) is 0 Å². The van der Waals surface area contributed by atoms with Gasteiger partial charge in [-0.2, -0.15) is 0 Å². The van der Waals surface area contributed by atoms with E-state index in [1.165, 1.54) is 0 Å². The smallest absolute Gasteiger partial charge is 0.323 e. The Morgan fingerprint density at radius 1 is 1.18 bits per heavy atom. The Kier molecular flexibility index (Phi) is 4.93. The van der Waals surface area contributed by atoms with Crippen LogP contribution in [-0.2, 0) is 0 Å². The third kappa shape index (κ3) is 4.09. The van der Waals surface area contributed by atoms with E-state index < -0.39 is 12.0 Å². The number of carbonyl (C=O) groups excluding carboxylic acids is 1. The summed E-state index contributed by atoms with van der Waals surface area (Å²) in [4.78, 5) is 19.8. The van der Waals surface area contributed by atoms with Gasteiger partial charge in [-0.05, 0) is 43.2 Å². The third-order valence-electron chi connectivity index (χ3n) is 5.07. The number of anilines is 2. The second-order valence-corrected chi connectivity index (χ2v) is 7.51. The highest BCUT2D eigenvalue weighted by Gasteiger charge is 2.35. The summed E-state index contributed by atoms with van der Waals surface area (Å²) in [5, 5.41) is 6.94. The Morgan fingerprint density at radius 2 is 1.96 bits per heavy atom. The molecule has 1 saturated carbocycles. The normalized spacial score (nSPS) is 16.8. The number of aromatic nitrogens is 2. The summed E-state index contributed by atoms with van der Waals surface area (Å²) >= 11 is 6.03. The van der Waals surface area contributed by atoms with E-state index >= 15 is 0 Å². The quantitative estimate of drug-likeness (QED) is 0.489. The number of pyridine rings is 1. The lowest BCUT2D eigenvalue weighted by Gasteiger charge is -2.28. The Balaban J connectivity index is 1.44. The van der Waals surface area contributed by atoms with Gasteiger partial charge in [0.05, 0.1) is 5.69 Å². The first-order chi connectivity index (χ1) is 13.4. The highest BCUT2D eigenvalue weighted by molar-refractivity contribution is 6.31. The second kappa shape index (κ2) is 7.39. The van der Waals surface area contributed by atoms with Crippen LogP contribution in [0.2, 0.25) is 5.02 Å². The minimum atomic E-state index is -2.57. The molecule has 0 unspecified atom stereocenters. The summed E-state index contributed by atoms with van der Waals surface area (Å²) < 4.78 is 26.7. The van der Waals surface area contributed by atoms with Gasteiger partial charge >= 0.3 is 6.03 Å². The number of rotatable bonds is 3. The summed E-state index contributed by atoms with van der Waals surface area (Å²) in [6.07, 6.45) is 3.82. The van der Waals surface area contributed by atoms with Crippen LogP contribution in [0, 0.1) is 0 Å². The number of hydrogen-bond donors (Lipinski definition) is 3. The van der Waals surface area contributed by atoms with Crippen LogP contribution in [0.3, 0.4) is 0 Å². The maximum atomic E-state index is 13.4. The molecule has 0 aliphatic heterocycles. The molecular formula is C20H19ClF2N4O. The van der Waals surface area contributed by atoms with E-state index in [1.807, 2.05) is 6.07 Å². The molecule has 3 N–H and O–H groups in total. The van der Waals surface area contributed by atoms with Gasteiger partial charge in [-0.25, -0.2) is 13.6 Å². The van der Waals surface area contributed by atoms with Gasteiger partial charge in [-0.15, -0.1) is 0 Å². The molecule has 0 radical (unpaired) electrons. The summed E-state index contributed by atoms with van der Waals surface area (Å²) in [5.41, 5.74) is 2.77. The van der Waals surface area contributed by atoms with E-state index in [-0.39, 0.29) is 18.8 Å². The fourth-order valence-electron chi connectivity index (χ4n) is 3.57. The number of halogens is 3. The number of nitrogens with zero attached hydrogens (tertiary/aromatic N) is 1. The van der Waals surface area contributed by atoms with Crippen LogP contribution >= 0.6 is 11.6 Å². The predicted octanol–water partition coefficient (Wildman–Crippen LogP) is 6.15. The highest BCUT2D eigenvalue weighted by Crippen LogP contribution is 2.40. The predicted molar refractivity (Wildman–Crippen MR) is 106 cm³/mol. The molecule has 28 heavy (non-hydrogen) atoms. The van der Waals surface area contributed by atoms with Gasteiger partial charge in [0, 0.05) is 58.5 Å². The first kappa shape index (κ1) is 18.7. The van der Waals surface area contributed by atoms with Crippen molar-refractivity contribution in [3.63, 3.8) is 0 Å². The molecule has 1 aromatic carbocycles. The van der Waals surface area contributed by atoms with Crippen LogP contribution in [-0.4, -0.2) is 21.9 Å². The number of carbonyl (C=O) groups is 1. The Hall–Kier alpha value is -2.67. The molecule has 1 aliphatic rings. The summed E-state index contributed by atoms with van der Waals surface area (Å²) in [7, 11) is 0. The molecule has 3 aromatic rings. The number of amides is 2. The van der Waals surface area contributed by atoms with Crippen LogP contribution in [0.15, 0.2) is 42.7 Å². The van der Waals surface area contributed by atoms with E-state index in [2.05, 4.69) is 20.6 Å². The van der Waals surface area contributed by atoms with Crippen LogP contribution in [0.25, 0.3) is 10.9 Å². The van der Waals surface area contributed by atoms with Crippen molar-refractivity contribution in [1.82, 2.24) is 9.97 Å². The molecule has 5 nitrogen and oxygen atoms in total. The monoisotopic (exact) mass is 404 g/mol. The minimum Gasteiger partial charge on any atom is -0.359 e. The van der Waals surface area contributed by atoms with Crippen LogP contribution in [0.1, 0.15) is 37.3 Å². The van der Waals surface area contributed by atoms with Crippen LogP contribution < -0.4 is 10.6 Å². The fraction of sp³-hybridized carbons (Fsp3) is 0.300. The van der Waals surface area contributed by atoms with E-state index in [0.29, 0.717) is 29.2 Å². The van der Waals surface area contributed by atoms with E-state index in [0.717, 1.165) is 16.6 Å². The number of urea groups is 1. The molecule has 2 amide bonds. The van der Waals surface area contributed by atoms with Crippen LogP contribution in [0.5, 0.6) is 0 Å². The standard InChI is InChI=1S/C20H19ClF2N4O/c21-13-1-2-16-15(9-13)18(11-25-16)27-19(28)26-14-5-8-24-17(10-14)12-3-6-20(22,23)7-4-12/h1-2,5,8-12,25H,3-4,6-7H2,(H2,24,26,27,28). The molecule has 0 spiro atoms. The van der Waals surface area contributed by atoms with Gasteiger partial charge in [0.25, 0.3) is 0 Å². The first-order valence-corrected chi connectivity index (χ1v) is 9.46. The topological polar surface area (TPSA) is 69.8 Å². The third-order valence-corrected chi connectivity index (χ3v) is 5.30. The Labute approximate surface area is 165 Å². The van der Waals surface area contributed by atoms with E-state index in [1.54, 1.807) is 36.7 Å². The van der Waals surface area contributed by atoms with Gasteiger partial charge in [0.2, 0.25) is 5.92 Å². The molecule has 2 aromatic heterocycles. The number of aromatic amines is 1. The van der Waals surface area contributed by atoms with Crippen molar-refractivity contribution < 1.29 is 13.6 Å². The SMILES string of the molecule is O=C(Nc1ccnc(C2CCC(F)(F)CC2)c1)Nc1c[nH]c2ccc(Cl)cc12. The molecule has 0 saturated heterocycles. The Morgan fingerprint density at radius 3 is 2.75 bits per heavy atom. The molecule has 146 valence electrons. The number of alkyl halides is 2. The van der Waals surface area contributed by atoms with E-state index in [9.17, 15) is 13.6 Å². The van der Waals surface area contributed by atoms with Crippen molar-refractivity contribution in [2.45, 2.75) is 37.5 Å². The first-order valence-electron chi connectivity index (χ1n) is 9.08. The second-order valence-electron chi connectivity index (χ2n) is 7.07. The maximum absolute atomic E-state index is 13.4. The Bertz CT molecular complexity index is 1010. The molecular weight excluding hydrogens is 386 g/mol. The van der Waals surface area contributed by atoms with Gasteiger partial charge in [0.1, 0.15) is 0 Å². The van der Waals surface area contributed by atoms with Gasteiger partial charge in [-0.1, -0.05) is 11.6 Å². The average molecular weight is 405 g/mol. The molecule has 8 heteroatoms. The number of nitrogens with one attached hydrogen (secondary N) is 3. The van der Waals surface area contributed by atoms with Gasteiger partial charge in [-0.3, -0.25) is 4.98 Å². The molecule has 0 atom stereocenters. The number of benzene rings is 1. The largest absolute Gasteiger partial charge is 0.359 e. The summed E-state index contributed by atoms with van der Waals surface area (Å²) in [6.45, 7) is 0. The lowest BCUT2D eigenvalue weighted by atomic mass is 9.84. The lowest BCUT2D eigenvalue weighted by Crippen LogP contribution is -2.24. The van der Waals surface area contributed by atoms with Crippen molar-refractivity contribution in [2.24, 2.45) is 0 Å². The molecule has 1 fully saturated rings. The highest BCUT2D eigenvalue weighted by atomic mass is 35.5. The van der Waals surface area contributed by atoms with Crippen LogP contribution in [0.4, 0.5) is 25.0 Å². The van der Waals surface area contributed by atoms with Crippen molar-refractivity contribution in [2.75, 3.05) is 10.6 Å².